The summed E-state index contributed by atoms with van der Waals surface area (Å²) >= 11 is 13.9. The molecule has 2 aromatic rings. The van der Waals surface area contributed by atoms with Crippen molar-refractivity contribution >= 4 is 70.1 Å². The molecule has 2 N–H and O–H groups in total. The molecule has 2 amide bonds. The number of amides is 2. The fourth-order valence-corrected chi connectivity index (χ4v) is 4.96. The van der Waals surface area contributed by atoms with Crippen LogP contribution in [0.5, 0.6) is 0 Å². The number of fused-ring (bicyclic) bond motifs is 2. The molecule has 0 spiro atoms. The number of carboxylic acids is 1. The highest BCUT2D eigenvalue weighted by Crippen LogP contribution is 2.52. The van der Waals surface area contributed by atoms with E-state index in [-0.39, 0.29) is 5.02 Å². The number of benzene rings is 2. The van der Waals surface area contributed by atoms with E-state index < -0.39 is 54.9 Å². The summed E-state index contributed by atoms with van der Waals surface area (Å²) in [5, 5.41) is 11.7. The van der Waals surface area contributed by atoms with E-state index in [2.05, 4.69) is 5.32 Å². The Bertz CT molecular complexity index is 1180. The van der Waals surface area contributed by atoms with Crippen LogP contribution in [0.2, 0.25) is 10.0 Å². The van der Waals surface area contributed by atoms with Gasteiger partial charge in [0.2, 0.25) is 0 Å². The van der Waals surface area contributed by atoms with Crippen LogP contribution in [0, 0.1) is 5.92 Å². The van der Waals surface area contributed by atoms with Gasteiger partial charge in [-0.05, 0) is 30.2 Å². The number of hydrogen-bond donors (Lipinski definition) is 2. The van der Waals surface area contributed by atoms with E-state index in [9.17, 15) is 23.6 Å². The number of ether oxygens (including phenoxy) is 1. The van der Waals surface area contributed by atoms with Crippen molar-refractivity contribution in [3.63, 3.8) is 0 Å². The second-order valence-electron chi connectivity index (χ2n) is 7.92. The van der Waals surface area contributed by atoms with Crippen molar-refractivity contribution in [2.24, 2.45) is 5.92 Å². The second-order valence-corrected chi connectivity index (χ2v) is 9.76. The fourth-order valence-electron chi connectivity index (χ4n) is 3.38. The summed E-state index contributed by atoms with van der Waals surface area (Å²) in [7, 11) is 0. The number of Topliss-reactive ketones (excluding diaryl/α,β-unsaturated/α-hetero) is 1. The minimum absolute atomic E-state index is 0.251. The van der Waals surface area contributed by atoms with Crippen molar-refractivity contribution in [1.82, 2.24) is 5.32 Å². The molecule has 186 valence electrons. The molecule has 2 atom stereocenters. The maximum Gasteiger partial charge on any atom is 0.419 e. The number of para-hydroxylation sites is 1. The van der Waals surface area contributed by atoms with Gasteiger partial charge in [0.1, 0.15) is 12.7 Å². The van der Waals surface area contributed by atoms with Crippen LogP contribution in [0.15, 0.2) is 46.2 Å². The van der Waals surface area contributed by atoms with E-state index in [1.165, 1.54) is 22.7 Å². The number of ketones is 1. The molecule has 1 aliphatic rings. The van der Waals surface area contributed by atoms with Gasteiger partial charge in [0.05, 0.1) is 32.7 Å². The van der Waals surface area contributed by atoms with Crippen LogP contribution in [-0.2, 0) is 19.1 Å². The lowest BCUT2D eigenvalue weighted by Gasteiger charge is -2.32. The first-order valence-electron chi connectivity index (χ1n) is 10.4. The van der Waals surface area contributed by atoms with Gasteiger partial charge in [-0.3, -0.25) is 14.4 Å². The predicted octanol–water partition coefficient (Wildman–Crippen LogP) is 5.26. The lowest BCUT2D eigenvalue weighted by Crippen LogP contribution is -2.50. The Hall–Kier alpha value is -2.82. The molecule has 1 aliphatic heterocycles. The summed E-state index contributed by atoms with van der Waals surface area (Å²) in [6.45, 7) is 1.75. The van der Waals surface area contributed by atoms with Crippen LogP contribution in [0.4, 0.5) is 20.6 Å². The summed E-state index contributed by atoms with van der Waals surface area (Å²) < 4.78 is 18.4. The molecule has 2 unspecified atom stereocenters. The maximum atomic E-state index is 13.4. The standard InChI is InChI=1S/C23H21Cl2FN2O6S/c1-11(2)20(22(32)27-13(9-18(30)31)16(29)10-26)34-23(33)28-14-5-3-4-6-17(14)35-21-15(28)8-7-12(24)19(21)25/h3-8,11,13,20H,9-10H2,1-2H3,(H,27,32)(H,30,31). The first-order valence-corrected chi connectivity index (χ1v) is 12.0. The van der Waals surface area contributed by atoms with Crippen LogP contribution < -0.4 is 10.2 Å². The summed E-state index contributed by atoms with van der Waals surface area (Å²) in [5.74, 6) is -3.98. The second kappa shape index (κ2) is 11.3. The maximum absolute atomic E-state index is 13.4. The number of nitrogens with one attached hydrogen (secondary N) is 1. The van der Waals surface area contributed by atoms with Crippen molar-refractivity contribution in [2.75, 3.05) is 11.6 Å². The highest BCUT2D eigenvalue weighted by Gasteiger charge is 2.36. The summed E-state index contributed by atoms with van der Waals surface area (Å²) in [5.41, 5.74) is 0.889. The number of carbonyl (C=O) groups excluding carboxylic acids is 3. The van der Waals surface area contributed by atoms with E-state index in [4.69, 9.17) is 33.0 Å². The van der Waals surface area contributed by atoms with Crippen LogP contribution >= 0.6 is 35.0 Å². The number of hydrogen-bond acceptors (Lipinski definition) is 6. The third-order valence-corrected chi connectivity index (χ3v) is 7.18. The number of aliphatic carboxylic acids is 1. The number of alkyl halides is 1. The third kappa shape index (κ3) is 5.88. The minimum atomic E-state index is -1.60. The Morgan fingerprint density at radius 2 is 1.80 bits per heavy atom. The van der Waals surface area contributed by atoms with Crippen LogP contribution in [0.25, 0.3) is 0 Å². The van der Waals surface area contributed by atoms with Crippen molar-refractivity contribution in [1.29, 1.82) is 0 Å². The van der Waals surface area contributed by atoms with Crippen molar-refractivity contribution in [2.45, 2.75) is 42.2 Å². The zero-order valence-corrected chi connectivity index (χ0v) is 20.9. The molecule has 3 rings (SSSR count). The lowest BCUT2D eigenvalue weighted by atomic mass is 10.0. The molecule has 0 saturated carbocycles. The Kier molecular flexibility index (Phi) is 8.63. The number of carbonyl (C=O) groups is 4. The smallest absolute Gasteiger partial charge is 0.419 e. The van der Waals surface area contributed by atoms with Crippen molar-refractivity contribution in [3.8, 4) is 0 Å². The molecular formula is C23H21Cl2FN2O6S. The molecular weight excluding hydrogens is 522 g/mol. The molecule has 0 aliphatic carbocycles. The normalized spacial score (nSPS) is 13.9. The molecule has 0 fully saturated rings. The Labute approximate surface area is 214 Å². The Morgan fingerprint density at radius 3 is 2.43 bits per heavy atom. The molecule has 0 aromatic heterocycles. The molecule has 0 saturated heterocycles. The highest BCUT2D eigenvalue weighted by molar-refractivity contribution is 7.99. The van der Waals surface area contributed by atoms with Gasteiger partial charge in [-0.25, -0.2) is 14.1 Å². The van der Waals surface area contributed by atoms with E-state index in [1.54, 1.807) is 44.2 Å². The van der Waals surface area contributed by atoms with Crippen molar-refractivity contribution in [3.05, 3.63) is 46.4 Å². The summed E-state index contributed by atoms with van der Waals surface area (Å²) in [6.07, 6.45) is -3.12. The van der Waals surface area contributed by atoms with E-state index in [1.807, 2.05) is 0 Å². The Morgan fingerprint density at radius 1 is 1.11 bits per heavy atom. The number of nitrogens with zero attached hydrogens (tertiary/aromatic N) is 1. The van der Waals surface area contributed by atoms with Gasteiger partial charge in [-0.15, -0.1) is 0 Å². The van der Waals surface area contributed by atoms with Gasteiger partial charge in [0.15, 0.2) is 11.9 Å². The molecule has 2 aromatic carbocycles. The van der Waals surface area contributed by atoms with Crippen LogP contribution in [0.3, 0.4) is 0 Å². The lowest BCUT2D eigenvalue weighted by molar-refractivity contribution is -0.141. The van der Waals surface area contributed by atoms with Gasteiger partial charge in [0.25, 0.3) is 5.91 Å². The molecule has 8 nitrogen and oxygen atoms in total. The van der Waals surface area contributed by atoms with Gasteiger partial charge in [0, 0.05) is 4.90 Å². The van der Waals surface area contributed by atoms with E-state index >= 15 is 0 Å². The molecule has 0 radical (unpaired) electrons. The Balaban J connectivity index is 1.92. The molecule has 1 heterocycles. The number of rotatable bonds is 8. The van der Waals surface area contributed by atoms with E-state index in [0.29, 0.717) is 26.2 Å². The van der Waals surface area contributed by atoms with Gasteiger partial charge >= 0.3 is 12.1 Å². The zero-order chi connectivity index (χ0) is 25.9. The average molecular weight is 543 g/mol. The SMILES string of the molecule is CC(C)C(OC(=O)N1c2ccccc2Sc2c1ccc(Cl)c2Cl)C(=O)NC(CC(=O)O)C(=O)CF. The monoisotopic (exact) mass is 542 g/mol. The first kappa shape index (κ1) is 26.8. The molecule has 35 heavy (non-hydrogen) atoms. The number of carboxylic acid groups (broad SMARTS) is 1. The predicted molar refractivity (Wildman–Crippen MR) is 129 cm³/mol. The molecule has 12 heteroatoms. The van der Waals surface area contributed by atoms with Gasteiger partial charge < -0.3 is 15.2 Å². The van der Waals surface area contributed by atoms with E-state index in [0.717, 1.165) is 0 Å². The highest BCUT2D eigenvalue weighted by atomic mass is 35.5. The minimum Gasteiger partial charge on any atom is -0.481 e. The van der Waals surface area contributed by atoms with Crippen LogP contribution in [0.1, 0.15) is 20.3 Å². The zero-order valence-electron chi connectivity index (χ0n) is 18.6. The quantitative estimate of drug-likeness (QED) is 0.467. The largest absolute Gasteiger partial charge is 0.481 e. The fraction of sp³-hybridized carbons (Fsp3) is 0.304. The van der Waals surface area contributed by atoms with Gasteiger partial charge in [-0.1, -0.05) is 60.9 Å². The summed E-state index contributed by atoms with van der Waals surface area (Å²) in [6, 6.07) is 8.53. The third-order valence-electron chi connectivity index (χ3n) is 5.08. The average Bonchev–Trinajstić information content (AvgIpc) is 2.81. The van der Waals surface area contributed by atoms with Crippen molar-refractivity contribution < 1.29 is 33.4 Å². The summed E-state index contributed by atoms with van der Waals surface area (Å²) in [4.78, 5) is 51.6. The topological polar surface area (TPSA) is 113 Å². The molecule has 0 bridgehead atoms. The van der Waals surface area contributed by atoms with Crippen LogP contribution in [-0.4, -0.2) is 47.7 Å². The van der Waals surface area contributed by atoms with Gasteiger partial charge in [-0.2, -0.15) is 0 Å². The number of halogens is 3. The first-order chi connectivity index (χ1) is 16.5. The number of anilines is 2.